The van der Waals surface area contributed by atoms with Gasteiger partial charge in [0.15, 0.2) is 0 Å². The van der Waals surface area contributed by atoms with E-state index in [1.807, 2.05) is 48.8 Å². The maximum absolute atomic E-state index is 12.6. The molecule has 0 unspecified atom stereocenters. The van der Waals surface area contributed by atoms with E-state index < -0.39 is 0 Å². The number of anilines is 1. The molecule has 0 aliphatic rings. The van der Waals surface area contributed by atoms with Crippen molar-refractivity contribution in [1.82, 2.24) is 9.97 Å². The molecule has 3 rings (SSSR count). The fourth-order valence-corrected chi connectivity index (χ4v) is 3.54. The number of thiophene rings is 2. The smallest absolute Gasteiger partial charge is 0.226 e. The Balaban J connectivity index is 2.25. The van der Waals surface area contributed by atoms with E-state index in [2.05, 4.69) is 9.97 Å². The Morgan fingerprint density at radius 1 is 1.25 bits per heavy atom. The van der Waals surface area contributed by atoms with Crippen molar-refractivity contribution >= 4 is 44.6 Å². The predicted molar refractivity (Wildman–Crippen MR) is 84.2 cm³/mol. The summed E-state index contributed by atoms with van der Waals surface area (Å²) in [4.78, 5) is 24.1. The van der Waals surface area contributed by atoms with Crippen LogP contribution in [-0.4, -0.2) is 29.8 Å². The molecule has 4 nitrogen and oxygen atoms in total. The highest BCUT2D eigenvalue weighted by atomic mass is 32.1. The van der Waals surface area contributed by atoms with Crippen LogP contribution in [0.15, 0.2) is 22.9 Å². The third kappa shape index (κ3) is 2.10. The van der Waals surface area contributed by atoms with Crippen molar-refractivity contribution in [3.8, 4) is 0 Å². The third-order valence-corrected chi connectivity index (χ3v) is 4.90. The van der Waals surface area contributed by atoms with Gasteiger partial charge >= 0.3 is 0 Å². The fraction of sp³-hybridized carbons (Fsp3) is 0.214. The minimum Gasteiger partial charge on any atom is -0.347 e. The number of ketones is 1. The third-order valence-electron chi connectivity index (χ3n) is 2.94. The van der Waals surface area contributed by atoms with Gasteiger partial charge in [0, 0.05) is 14.1 Å². The molecule has 0 aromatic carbocycles. The highest BCUT2D eigenvalue weighted by molar-refractivity contribution is 7.18. The second-order valence-corrected chi connectivity index (χ2v) is 6.50. The molecule has 0 spiro atoms. The lowest BCUT2D eigenvalue weighted by Crippen LogP contribution is -2.15. The Labute approximate surface area is 124 Å². The SMILES string of the molecule is Cc1csc2c(C(=O)c3cccs3)nc(N(C)C)nc12. The van der Waals surface area contributed by atoms with Crippen molar-refractivity contribution in [2.75, 3.05) is 19.0 Å². The molecular formula is C14H13N3OS2. The minimum atomic E-state index is -0.0302. The van der Waals surface area contributed by atoms with Crippen LogP contribution in [0.4, 0.5) is 5.95 Å². The Kier molecular flexibility index (Phi) is 3.27. The van der Waals surface area contributed by atoms with Gasteiger partial charge in [-0.1, -0.05) is 6.07 Å². The summed E-state index contributed by atoms with van der Waals surface area (Å²) in [5.74, 6) is 0.538. The number of hydrogen-bond acceptors (Lipinski definition) is 6. The predicted octanol–water partition coefficient (Wildman–Crippen LogP) is 3.36. The van der Waals surface area contributed by atoms with Crippen LogP contribution in [0.1, 0.15) is 20.9 Å². The summed E-state index contributed by atoms with van der Waals surface area (Å²) < 4.78 is 0.867. The van der Waals surface area contributed by atoms with Crippen LogP contribution in [0.2, 0.25) is 0 Å². The highest BCUT2D eigenvalue weighted by Crippen LogP contribution is 2.30. The molecule has 0 aliphatic heterocycles. The zero-order valence-electron chi connectivity index (χ0n) is 11.4. The Hall–Kier alpha value is -1.79. The van der Waals surface area contributed by atoms with Gasteiger partial charge in [-0.15, -0.1) is 22.7 Å². The molecule has 0 amide bonds. The van der Waals surface area contributed by atoms with E-state index in [4.69, 9.17) is 0 Å². The lowest BCUT2D eigenvalue weighted by molar-refractivity contribution is 0.103. The molecule has 0 fully saturated rings. The number of nitrogens with zero attached hydrogens (tertiary/aromatic N) is 3. The molecule has 0 radical (unpaired) electrons. The van der Waals surface area contributed by atoms with Gasteiger partial charge in [0.25, 0.3) is 0 Å². The second kappa shape index (κ2) is 4.96. The van der Waals surface area contributed by atoms with Crippen molar-refractivity contribution in [2.24, 2.45) is 0 Å². The topological polar surface area (TPSA) is 46.1 Å². The Bertz CT molecular complexity index is 775. The van der Waals surface area contributed by atoms with Gasteiger partial charge < -0.3 is 4.90 Å². The summed E-state index contributed by atoms with van der Waals surface area (Å²) in [5.41, 5.74) is 2.45. The molecule has 0 aliphatic carbocycles. The van der Waals surface area contributed by atoms with Crippen molar-refractivity contribution in [2.45, 2.75) is 6.92 Å². The standard InChI is InChI=1S/C14H13N3OS2/c1-8-7-20-13-10(8)15-14(17(2)3)16-11(13)12(18)9-5-4-6-19-9/h4-7H,1-3H3. The lowest BCUT2D eigenvalue weighted by atomic mass is 10.2. The van der Waals surface area contributed by atoms with E-state index in [0.29, 0.717) is 16.5 Å². The summed E-state index contributed by atoms with van der Waals surface area (Å²) in [7, 11) is 3.75. The molecule has 0 saturated carbocycles. The Morgan fingerprint density at radius 2 is 2.05 bits per heavy atom. The molecular weight excluding hydrogens is 290 g/mol. The summed E-state index contributed by atoms with van der Waals surface area (Å²) in [6, 6.07) is 3.71. The minimum absolute atomic E-state index is 0.0302. The van der Waals surface area contributed by atoms with Gasteiger partial charge in [0.05, 0.1) is 15.1 Å². The molecule has 0 bridgehead atoms. The van der Waals surface area contributed by atoms with E-state index in [-0.39, 0.29) is 5.78 Å². The number of carbonyl (C=O) groups excluding carboxylic acids is 1. The first kappa shape index (κ1) is 13.2. The van der Waals surface area contributed by atoms with Crippen LogP contribution in [0.5, 0.6) is 0 Å². The summed E-state index contributed by atoms with van der Waals surface area (Å²) in [6.07, 6.45) is 0. The average Bonchev–Trinajstić information content (AvgIpc) is 3.07. The van der Waals surface area contributed by atoms with Crippen LogP contribution < -0.4 is 4.90 Å². The summed E-state index contributed by atoms with van der Waals surface area (Å²) in [6.45, 7) is 2.00. The highest BCUT2D eigenvalue weighted by Gasteiger charge is 2.20. The van der Waals surface area contributed by atoms with Crippen molar-refractivity contribution in [1.29, 1.82) is 0 Å². The zero-order valence-corrected chi connectivity index (χ0v) is 13.0. The summed E-state index contributed by atoms with van der Waals surface area (Å²) in [5, 5.41) is 3.92. The first-order valence-electron chi connectivity index (χ1n) is 6.09. The molecule has 3 aromatic heterocycles. The summed E-state index contributed by atoms with van der Waals surface area (Å²) >= 11 is 2.96. The van der Waals surface area contributed by atoms with Crippen LogP contribution >= 0.6 is 22.7 Å². The molecule has 0 N–H and O–H groups in total. The first-order valence-corrected chi connectivity index (χ1v) is 7.85. The largest absolute Gasteiger partial charge is 0.347 e. The normalized spacial score (nSPS) is 10.9. The van der Waals surface area contributed by atoms with Gasteiger partial charge in [0.1, 0.15) is 5.69 Å². The molecule has 20 heavy (non-hydrogen) atoms. The van der Waals surface area contributed by atoms with Gasteiger partial charge in [0.2, 0.25) is 11.7 Å². The van der Waals surface area contributed by atoms with Crippen molar-refractivity contribution in [3.05, 3.63) is 39.0 Å². The number of rotatable bonds is 3. The maximum atomic E-state index is 12.6. The zero-order chi connectivity index (χ0) is 14.3. The lowest BCUT2D eigenvalue weighted by Gasteiger charge is -2.11. The number of aryl methyl sites for hydroxylation is 1. The quantitative estimate of drug-likeness (QED) is 0.696. The van der Waals surface area contributed by atoms with Crippen molar-refractivity contribution in [3.63, 3.8) is 0 Å². The molecule has 102 valence electrons. The Morgan fingerprint density at radius 3 is 2.70 bits per heavy atom. The van der Waals surface area contributed by atoms with Gasteiger partial charge in [-0.3, -0.25) is 4.79 Å². The first-order chi connectivity index (χ1) is 9.58. The second-order valence-electron chi connectivity index (χ2n) is 4.67. The van der Waals surface area contributed by atoms with Gasteiger partial charge in [-0.25, -0.2) is 9.97 Å². The molecule has 0 saturated heterocycles. The maximum Gasteiger partial charge on any atom is 0.226 e. The number of aromatic nitrogens is 2. The van der Waals surface area contributed by atoms with E-state index >= 15 is 0 Å². The van der Waals surface area contributed by atoms with E-state index in [1.165, 1.54) is 22.7 Å². The van der Waals surface area contributed by atoms with Crippen LogP contribution in [0.25, 0.3) is 10.2 Å². The van der Waals surface area contributed by atoms with Gasteiger partial charge in [-0.05, 0) is 29.3 Å². The monoisotopic (exact) mass is 303 g/mol. The van der Waals surface area contributed by atoms with E-state index in [9.17, 15) is 4.79 Å². The van der Waals surface area contributed by atoms with E-state index in [1.54, 1.807) is 0 Å². The average molecular weight is 303 g/mol. The molecule has 3 aromatic rings. The number of carbonyl (C=O) groups is 1. The van der Waals surface area contributed by atoms with E-state index in [0.717, 1.165) is 15.8 Å². The van der Waals surface area contributed by atoms with Crippen LogP contribution in [0, 0.1) is 6.92 Å². The number of fused-ring (bicyclic) bond motifs is 1. The number of hydrogen-bond donors (Lipinski definition) is 0. The molecule has 3 heterocycles. The van der Waals surface area contributed by atoms with Crippen LogP contribution in [0.3, 0.4) is 0 Å². The van der Waals surface area contributed by atoms with Crippen molar-refractivity contribution < 1.29 is 4.79 Å². The molecule has 6 heteroatoms. The van der Waals surface area contributed by atoms with Crippen LogP contribution in [-0.2, 0) is 0 Å². The fourth-order valence-electron chi connectivity index (χ4n) is 1.90. The van der Waals surface area contributed by atoms with Gasteiger partial charge in [-0.2, -0.15) is 0 Å². The molecule has 0 atom stereocenters.